The second-order valence-electron chi connectivity index (χ2n) is 5.84. The van der Waals surface area contributed by atoms with Gasteiger partial charge < -0.3 is 20.8 Å². The summed E-state index contributed by atoms with van der Waals surface area (Å²) >= 11 is 4.10. The average Bonchev–Trinajstić information content (AvgIpc) is 3.11. The maximum atomic E-state index is 12.3. The van der Waals surface area contributed by atoms with Crippen LogP contribution in [0.1, 0.15) is 16.1 Å². The Morgan fingerprint density at radius 3 is 2.66 bits per heavy atom. The molecule has 0 atom stereocenters. The van der Waals surface area contributed by atoms with Crippen molar-refractivity contribution in [3.63, 3.8) is 0 Å². The van der Waals surface area contributed by atoms with Crippen LogP contribution in [0.5, 0.6) is 0 Å². The SMILES string of the molecule is Cc1ccccc1NC(=O)CSc1nc(N)c(NC(=O)c2ccc(Br)o2)c(=O)[nH]1. The number of hydrogen-bond acceptors (Lipinski definition) is 7. The molecule has 9 nitrogen and oxygen atoms in total. The third-order valence-corrected chi connectivity index (χ3v) is 5.02. The van der Waals surface area contributed by atoms with Crippen molar-refractivity contribution in [3.8, 4) is 0 Å². The summed E-state index contributed by atoms with van der Waals surface area (Å²) in [6, 6.07) is 10.4. The smallest absolute Gasteiger partial charge is 0.291 e. The third-order valence-electron chi connectivity index (χ3n) is 3.72. The number of anilines is 3. The van der Waals surface area contributed by atoms with Crippen LogP contribution in [0.2, 0.25) is 0 Å². The van der Waals surface area contributed by atoms with Crippen LogP contribution in [-0.4, -0.2) is 27.5 Å². The molecule has 11 heteroatoms. The second kappa shape index (κ2) is 8.97. The molecule has 2 amide bonds. The Balaban J connectivity index is 1.64. The van der Waals surface area contributed by atoms with Crippen LogP contribution in [0.25, 0.3) is 0 Å². The van der Waals surface area contributed by atoms with E-state index in [9.17, 15) is 14.4 Å². The first kappa shape index (κ1) is 20.7. The van der Waals surface area contributed by atoms with E-state index in [0.717, 1.165) is 17.3 Å². The number of amides is 2. The molecule has 0 saturated carbocycles. The van der Waals surface area contributed by atoms with Crippen LogP contribution in [0.15, 0.2) is 55.4 Å². The predicted molar refractivity (Wildman–Crippen MR) is 114 cm³/mol. The number of halogens is 1. The molecule has 5 N–H and O–H groups in total. The monoisotopic (exact) mass is 477 g/mol. The highest BCUT2D eigenvalue weighted by Crippen LogP contribution is 2.20. The van der Waals surface area contributed by atoms with Gasteiger partial charge in [-0.2, -0.15) is 0 Å². The Morgan fingerprint density at radius 2 is 2.00 bits per heavy atom. The summed E-state index contributed by atoms with van der Waals surface area (Å²) in [6.07, 6.45) is 0. The zero-order valence-electron chi connectivity index (χ0n) is 15.1. The van der Waals surface area contributed by atoms with Gasteiger partial charge in [0, 0.05) is 5.69 Å². The van der Waals surface area contributed by atoms with Gasteiger partial charge in [0.15, 0.2) is 27.1 Å². The third kappa shape index (κ3) is 5.27. The van der Waals surface area contributed by atoms with E-state index in [1.807, 2.05) is 25.1 Å². The van der Waals surface area contributed by atoms with Gasteiger partial charge in [-0.05, 0) is 46.6 Å². The van der Waals surface area contributed by atoms with Crippen LogP contribution in [-0.2, 0) is 4.79 Å². The fourth-order valence-electron chi connectivity index (χ4n) is 2.30. The summed E-state index contributed by atoms with van der Waals surface area (Å²) in [5.74, 6) is -1.06. The van der Waals surface area contributed by atoms with Gasteiger partial charge in [-0.25, -0.2) is 4.98 Å². The summed E-state index contributed by atoms with van der Waals surface area (Å²) in [5, 5.41) is 5.31. The maximum Gasteiger partial charge on any atom is 0.291 e. The number of hydrogen-bond donors (Lipinski definition) is 4. The number of nitrogen functional groups attached to an aromatic ring is 1. The number of thioether (sulfide) groups is 1. The molecule has 0 aliphatic carbocycles. The zero-order chi connectivity index (χ0) is 21.0. The van der Waals surface area contributed by atoms with Gasteiger partial charge in [-0.1, -0.05) is 30.0 Å². The zero-order valence-corrected chi connectivity index (χ0v) is 17.5. The number of para-hydroxylation sites is 1. The number of nitrogens with zero attached hydrogens (tertiary/aromatic N) is 1. The van der Waals surface area contributed by atoms with Gasteiger partial charge in [0.2, 0.25) is 5.91 Å². The largest absolute Gasteiger partial charge is 0.444 e. The van der Waals surface area contributed by atoms with Crippen molar-refractivity contribution in [2.24, 2.45) is 0 Å². The summed E-state index contributed by atoms with van der Waals surface area (Å²) in [4.78, 5) is 43.0. The Hall–Kier alpha value is -3.05. The second-order valence-corrected chi connectivity index (χ2v) is 7.59. The van der Waals surface area contributed by atoms with E-state index in [4.69, 9.17) is 10.2 Å². The summed E-state index contributed by atoms with van der Waals surface area (Å²) in [7, 11) is 0. The molecule has 0 saturated heterocycles. The number of carbonyl (C=O) groups is 2. The van der Waals surface area contributed by atoms with Crippen molar-refractivity contribution in [2.45, 2.75) is 12.1 Å². The molecular formula is C18H16BrN5O4S. The van der Waals surface area contributed by atoms with E-state index in [0.29, 0.717) is 10.4 Å². The van der Waals surface area contributed by atoms with Crippen LogP contribution in [0.3, 0.4) is 0 Å². The number of H-pyrrole nitrogens is 1. The minimum atomic E-state index is -0.646. The lowest BCUT2D eigenvalue weighted by Crippen LogP contribution is -2.23. The molecule has 0 spiro atoms. The molecule has 0 aliphatic rings. The molecule has 29 heavy (non-hydrogen) atoms. The van der Waals surface area contributed by atoms with Gasteiger partial charge in [0.1, 0.15) is 0 Å². The minimum absolute atomic E-state index is 0.00185. The fraction of sp³-hybridized carbons (Fsp3) is 0.111. The number of aryl methyl sites for hydroxylation is 1. The predicted octanol–water partition coefficient (Wildman–Crippen LogP) is 3.00. The Labute approximate surface area is 177 Å². The van der Waals surface area contributed by atoms with Crippen LogP contribution in [0, 0.1) is 6.92 Å². The van der Waals surface area contributed by atoms with Gasteiger partial charge >= 0.3 is 0 Å². The standard InChI is InChI=1S/C18H16BrN5O4S/c1-9-4-2-3-5-10(9)21-13(25)8-29-18-23-15(20)14(17(27)24-18)22-16(26)11-6-7-12(19)28-11/h2-7H,8H2,1H3,(H,21,25)(H,22,26)(H3,20,23,24,27). The van der Waals surface area contributed by atoms with E-state index >= 15 is 0 Å². The van der Waals surface area contributed by atoms with Gasteiger partial charge in [-0.15, -0.1) is 0 Å². The normalized spacial score (nSPS) is 10.6. The van der Waals surface area contributed by atoms with E-state index < -0.39 is 11.5 Å². The molecule has 0 unspecified atom stereocenters. The highest BCUT2D eigenvalue weighted by atomic mass is 79.9. The first-order valence-electron chi connectivity index (χ1n) is 8.28. The van der Waals surface area contributed by atoms with Crippen LogP contribution < -0.4 is 21.9 Å². The number of furan rings is 1. The molecule has 150 valence electrons. The van der Waals surface area contributed by atoms with Crippen molar-refractivity contribution < 1.29 is 14.0 Å². The fourth-order valence-corrected chi connectivity index (χ4v) is 3.28. The van der Waals surface area contributed by atoms with Gasteiger partial charge in [-0.3, -0.25) is 19.4 Å². The summed E-state index contributed by atoms with van der Waals surface area (Å²) < 4.78 is 5.50. The number of rotatable bonds is 6. The van der Waals surface area contributed by atoms with Crippen molar-refractivity contribution >= 4 is 56.7 Å². The number of nitrogens with one attached hydrogen (secondary N) is 3. The van der Waals surface area contributed by atoms with E-state index in [1.165, 1.54) is 6.07 Å². The van der Waals surface area contributed by atoms with Gasteiger partial charge in [0.25, 0.3) is 11.5 Å². The number of nitrogens with two attached hydrogens (primary N) is 1. The highest BCUT2D eigenvalue weighted by Gasteiger charge is 2.17. The lowest BCUT2D eigenvalue weighted by atomic mass is 10.2. The molecule has 3 rings (SSSR count). The summed E-state index contributed by atoms with van der Waals surface area (Å²) in [6.45, 7) is 1.89. The van der Waals surface area contributed by atoms with E-state index in [2.05, 4.69) is 36.5 Å². The van der Waals surface area contributed by atoms with Crippen molar-refractivity contribution in [1.29, 1.82) is 0 Å². The number of benzene rings is 1. The maximum absolute atomic E-state index is 12.3. The molecule has 2 aromatic heterocycles. The summed E-state index contributed by atoms with van der Waals surface area (Å²) in [5.41, 5.74) is 6.61. The Bertz CT molecular complexity index is 1130. The van der Waals surface area contributed by atoms with Gasteiger partial charge in [0.05, 0.1) is 5.75 Å². The first-order valence-corrected chi connectivity index (χ1v) is 10.1. The first-order chi connectivity index (χ1) is 13.8. The molecule has 3 aromatic rings. The number of aromatic nitrogens is 2. The van der Waals surface area contributed by atoms with Crippen molar-refractivity contribution in [3.05, 3.63) is 62.7 Å². The molecule has 0 aliphatic heterocycles. The van der Waals surface area contributed by atoms with Crippen molar-refractivity contribution in [1.82, 2.24) is 9.97 Å². The molecule has 2 heterocycles. The van der Waals surface area contributed by atoms with Crippen LogP contribution >= 0.6 is 27.7 Å². The van der Waals surface area contributed by atoms with Crippen molar-refractivity contribution in [2.75, 3.05) is 22.1 Å². The minimum Gasteiger partial charge on any atom is -0.444 e. The number of carbonyl (C=O) groups excluding carboxylic acids is 2. The highest BCUT2D eigenvalue weighted by molar-refractivity contribution is 9.10. The average molecular weight is 478 g/mol. The lowest BCUT2D eigenvalue weighted by Gasteiger charge is -2.09. The van der Waals surface area contributed by atoms with Crippen LogP contribution in [0.4, 0.5) is 17.2 Å². The van der Waals surface area contributed by atoms with E-state index in [-0.39, 0.29) is 34.1 Å². The molecule has 0 bridgehead atoms. The quantitative estimate of drug-likeness (QED) is 0.315. The Morgan fingerprint density at radius 1 is 1.24 bits per heavy atom. The molecule has 0 fully saturated rings. The molecule has 1 aromatic carbocycles. The topological polar surface area (TPSA) is 143 Å². The number of aromatic amines is 1. The molecular weight excluding hydrogens is 462 g/mol. The molecule has 0 radical (unpaired) electrons. The lowest BCUT2D eigenvalue weighted by molar-refractivity contribution is -0.113. The van der Waals surface area contributed by atoms with E-state index in [1.54, 1.807) is 12.1 Å². The Kier molecular flexibility index (Phi) is 6.39.